The van der Waals surface area contributed by atoms with E-state index in [2.05, 4.69) is 9.59 Å². The van der Waals surface area contributed by atoms with Gasteiger partial charge in [0.25, 0.3) is 5.91 Å². The van der Waals surface area contributed by atoms with Gasteiger partial charge < -0.3 is 14.4 Å². The summed E-state index contributed by atoms with van der Waals surface area (Å²) in [6, 6.07) is 7.13. The van der Waals surface area contributed by atoms with E-state index in [-0.39, 0.29) is 22.6 Å². The molecule has 0 bridgehead atoms. The third kappa shape index (κ3) is 4.56. The van der Waals surface area contributed by atoms with Crippen molar-refractivity contribution in [3.63, 3.8) is 0 Å². The third-order valence-corrected chi connectivity index (χ3v) is 6.95. The maximum Gasteiger partial charge on any atom is 0.260 e. The van der Waals surface area contributed by atoms with Gasteiger partial charge in [-0.3, -0.25) is 4.79 Å². The highest BCUT2D eigenvalue weighted by Gasteiger charge is 2.31. The number of likely N-dealkylation sites (tertiary alicyclic amines) is 1. The molecule has 0 spiro atoms. The molecule has 1 fully saturated rings. The summed E-state index contributed by atoms with van der Waals surface area (Å²) in [5, 5.41) is 4.02. The Morgan fingerprint density at radius 2 is 2.07 bits per heavy atom. The molecule has 27 heavy (non-hydrogen) atoms. The fraction of sp³-hybridized carbons (Fsp3) is 0.471. The Balaban J connectivity index is 1.66. The minimum atomic E-state index is -3.38. The van der Waals surface area contributed by atoms with Gasteiger partial charge in [-0.15, -0.1) is 5.10 Å². The van der Waals surface area contributed by atoms with Crippen LogP contribution in [0, 0.1) is 0 Å². The molecule has 3 rings (SSSR count). The first-order valence-corrected chi connectivity index (χ1v) is 11.1. The number of carbonyl (C=O) groups is 1. The molecule has 1 amide bonds. The lowest BCUT2D eigenvalue weighted by Crippen LogP contribution is -2.41. The summed E-state index contributed by atoms with van der Waals surface area (Å²) < 4.78 is 38.6. The number of hydrogen-bond acceptors (Lipinski definition) is 8. The standard InChI is InChI=1S/C17H21N3O5S2/c1-24-13-7-3-4-8-14(13)25-11-15(21)20-9-5-6-12(10-20)16-17(26-19-18-16)27(2,22)23/h3-4,7-8,12H,5-6,9-11H2,1-2H3/t12-/m0/s1. The number of rotatable bonds is 6. The van der Waals surface area contributed by atoms with E-state index in [1.165, 1.54) is 0 Å². The molecule has 0 aliphatic carbocycles. The summed E-state index contributed by atoms with van der Waals surface area (Å²) in [6.45, 7) is 0.903. The summed E-state index contributed by atoms with van der Waals surface area (Å²) >= 11 is 0.880. The molecule has 2 heterocycles. The number of nitrogens with zero attached hydrogens (tertiary/aromatic N) is 3. The molecule has 0 N–H and O–H groups in total. The van der Waals surface area contributed by atoms with Crippen LogP contribution in [0.3, 0.4) is 0 Å². The zero-order chi connectivity index (χ0) is 19.4. The van der Waals surface area contributed by atoms with Crippen LogP contribution in [0.4, 0.5) is 0 Å². The summed E-state index contributed by atoms with van der Waals surface area (Å²) in [7, 11) is -1.84. The van der Waals surface area contributed by atoms with Crippen LogP contribution in [-0.4, -0.2) is 61.9 Å². The van der Waals surface area contributed by atoms with Gasteiger partial charge in [-0.2, -0.15) is 0 Å². The molecule has 146 valence electrons. The Morgan fingerprint density at radius 1 is 1.33 bits per heavy atom. The molecular weight excluding hydrogens is 390 g/mol. The second-order valence-corrected chi connectivity index (χ2v) is 9.30. The lowest BCUT2D eigenvalue weighted by atomic mass is 9.95. The largest absolute Gasteiger partial charge is 0.493 e. The molecule has 2 aromatic rings. The second-order valence-electron chi connectivity index (χ2n) is 6.34. The molecule has 1 aromatic carbocycles. The summed E-state index contributed by atoms with van der Waals surface area (Å²) in [5.41, 5.74) is 0.464. The van der Waals surface area contributed by atoms with Crippen LogP contribution in [0.2, 0.25) is 0 Å². The molecule has 1 saturated heterocycles. The number of sulfone groups is 1. The number of para-hydroxylation sites is 2. The van der Waals surface area contributed by atoms with E-state index < -0.39 is 9.84 Å². The summed E-state index contributed by atoms with van der Waals surface area (Å²) in [5.74, 6) is 0.769. The highest BCUT2D eigenvalue weighted by molar-refractivity contribution is 7.92. The van der Waals surface area contributed by atoms with Crippen molar-refractivity contribution in [3.8, 4) is 11.5 Å². The molecule has 1 aromatic heterocycles. The van der Waals surface area contributed by atoms with Crippen molar-refractivity contribution in [2.45, 2.75) is 23.0 Å². The van der Waals surface area contributed by atoms with Crippen molar-refractivity contribution in [2.24, 2.45) is 0 Å². The number of hydrogen-bond donors (Lipinski definition) is 0. The number of aromatic nitrogens is 2. The molecule has 1 aliphatic rings. The van der Waals surface area contributed by atoms with Crippen molar-refractivity contribution in [1.29, 1.82) is 0 Å². The van der Waals surface area contributed by atoms with E-state index in [0.717, 1.165) is 30.6 Å². The monoisotopic (exact) mass is 411 g/mol. The predicted molar refractivity (Wildman–Crippen MR) is 100 cm³/mol. The van der Waals surface area contributed by atoms with Crippen LogP contribution in [0.15, 0.2) is 28.5 Å². The smallest absolute Gasteiger partial charge is 0.260 e. The highest BCUT2D eigenvalue weighted by Crippen LogP contribution is 2.32. The fourth-order valence-electron chi connectivity index (χ4n) is 3.09. The van der Waals surface area contributed by atoms with Gasteiger partial charge in [0.1, 0.15) is 0 Å². The average molecular weight is 412 g/mol. The Morgan fingerprint density at radius 3 is 2.78 bits per heavy atom. The van der Waals surface area contributed by atoms with Crippen molar-refractivity contribution >= 4 is 27.3 Å². The minimum Gasteiger partial charge on any atom is -0.493 e. The van der Waals surface area contributed by atoms with Crippen molar-refractivity contribution in [1.82, 2.24) is 14.5 Å². The predicted octanol–water partition coefficient (Wildman–Crippen LogP) is 1.74. The summed E-state index contributed by atoms with van der Waals surface area (Å²) in [6.07, 6.45) is 2.69. The van der Waals surface area contributed by atoms with Crippen LogP contribution in [0.5, 0.6) is 11.5 Å². The van der Waals surface area contributed by atoms with E-state index in [9.17, 15) is 13.2 Å². The van der Waals surface area contributed by atoms with Crippen LogP contribution < -0.4 is 9.47 Å². The van der Waals surface area contributed by atoms with E-state index in [1.807, 2.05) is 6.07 Å². The van der Waals surface area contributed by atoms with Crippen molar-refractivity contribution in [2.75, 3.05) is 33.1 Å². The third-order valence-electron chi connectivity index (χ3n) is 4.40. The maximum atomic E-state index is 12.6. The molecular formula is C17H21N3O5S2. The van der Waals surface area contributed by atoms with Crippen LogP contribution >= 0.6 is 11.5 Å². The molecule has 0 unspecified atom stereocenters. The molecule has 0 saturated carbocycles. The molecule has 1 aliphatic heterocycles. The van der Waals surface area contributed by atoms with Crippen molar-refractivity contribution in [3.05, 3.63) is 30.0 Å². The molecule has 0 radical (unpaired) electrons. The van der Waals surface area contributed by atoms with Crippen LogP contribution in [0.25, 0.3) is 0 Å². The highest BCUT2D eigenvalue weighted by atomic mass is 32.2. The SMILES string of the molecule is COc1ccccc1OCC(=O)N1CCC[C@H](c2nnsc2S(C)(=O)=O)C1. The number of benzene rings is 1. The number of ether oxygens (including phenoxy) is 2. The van der Waals surface area contributed by atoms with E-state index in [4.69, 9.17) is 9.47 Å². The van der Waals surface area contributed by atoms with Gasteiger partial charge in [0.2, 0.25) is 0 Å². The van der Waals surface area contributed by atoms with E-state index in [0.29, 0.717) is 30.3 Å². The first kappa shape index (κ1) is 19.6. The van der Waals surface area contributed by atoms with Gasteiger partial charge in [0.05, 0.1) is 12.8 Å². The van der Waals surface area contributed by atoms with E-state index in [1.54, 1.807) is 30.2 Å². The number of methoxy groups -OCH3 is 1. The van der Waals surface area contributed by atoms with Crippen LogP contribution in [0.1, 0.15) is 24.5 Å². The lowest BCUT2D eigenvalue weighted by Gasteiger charge is -2.32. The Hall–Kier alpha value is -2.20. The number of piperidine rings is 1. The number of amides is 1. The van der Waals surface area contributed by atoms with Gasteiger partial charge in [-0.25, -0.2) is 8.42 Å². The first-order chi connectivity index (χ1) is 12.9. The van der Waals surface area contributed by atoms with Gasteiger partial charge in [-0.05, 0) is 25.0 Å². The van der Waals surface area contributed by atoms with E-state index >= 15 is 0 Å². The zero-order valence-corrected chi connectivity index (χ0v) is 16.8. The maximum absolute atomic E-state index is 12.6. The van der Waals surface area contributed by atoms with Crippen LogP contribution in [-0.2, 0) is 14.6 Å². The topological polar surface area (TPSA) is 98.7 Å². The quantitative estimate of drug-likeness (QED) is 0.714. The fourth-order valence-corrected chi connectivity index (χ4v) is 4.82. The average Bonchev–Trinajstić information content (AvgIpc) is 3.17. The Kier molecular flexibility index (Phi) is 5.95. The normalized spacial score (nSPS) is 17.6. The van der Waals surface area contributed by atoms with Gasteiger partial charge in [-0.1, -0.05) is 16.6 Å². The summed E-state index contributed by atoms with van der Waals surface area (Å²) in [4.78, 5) is 14.3. The molecule has 10 heteroatoms. The number of carbonyl (C=O) groups excluding carboxylic acids is 1. The Bertz CT molecular complexity index is 913. The zero-order valence-electron chi connectivity index (χ0n) is 15.1. The molecule has 1 atom stereocenters. The Labute approximate surface area is 162 Å². The van der Waals surface area contributed by atoms with Gasteiger partial charge >= 0.3 is 0 Å². The van der Waals surface area contributed by atoms with Gasteiger partial charge in [0, 0.05) is 36.8 Å². The lowest BCUT2D eigenvalue weighted by molar-refractivity contribution is -0.134. The minimum absolute atomic E-state index is 0.110. The second kappa shape index (κ2) is 8.22. The van der Waals surface area contributed by atoms with Crippen molar-refractivity contribution < 1.29 is 22.7 Å². The first-order valence-electron chi connectivity index (χ1n) is 8.46. The molecule has 8 nitrogen and oxygen atoms in total. The van der Waals surface area contributed by atoms with Gasteiger partial charge in [0.15, 0.2) is 32.2 Å².